The van der Waals surface area contributed by atoms with Crippen LogP contribution in [0.5, 0.6) is 0 Å². The summed E-state index contributed by atoms with van der Waals surface area (Å²) in [6, 6.07) is 0. The van der Waals surface area contributed by atoms with Crippen molar-refractivity contribution in [3.05, 3.63) is 0 Å². The molecular weight excluding hydrogens is 90.1 g/mol. The first kappa shape index (κ1) is 4.62. The minimum absolute atomic E-state index is 0.111. The number of nitrogens with two attached hydrogens (primary N) is 1. The van der Waals surface area contributed by atoms with E-state index < -0.39 is 0 Å². The predicted molar refractivity (Wildman–Crippen MR) is 26.5 cm³/mol. The Morgan fingerprint density at radius 3 is 2.14 bits per heavy atom. The lowest BCUT2D eigenvalue weighted by Gasteiger charge is -1.96. The fourth-order valence-corrected chi connectivity index (χ4v) is 0.434. The highest BCUT2D eigenvalue weighted by atomic mass is 16.1. The lowest BCUT2D eigenvalue weighted by molar-refractivity contribution is -0.122. The molecule has 1 saturated carbocycles. The summed E-state index contributed by atoms with van der Waals surface area (Å²) in [5, 5.41) is 0. The normalized spacial score (nSPS) is 24.1. The van der Waals surface area contributed by atoms with Gasteiger partial charge < -0.3 is 5.73 Å². The molecule has 0 spiro atoms. The maximum atomic E-state index is 10.3. The molecule has 40 valence electrons. The van der Waals surface area contributed by atoms with E-state index in [0.717, 1.165) is 12.8 Å². The summed E-state index contributed by atoms with van der Waals surface area (Å²) in [6.45, 7) is 1.90. The average Bonchev–Trinajstić information content (AvgIpc) is 2.21. The first-order valence-electron chi connectivity index (χ1n) is 2.45. The van der Waals surface area contributed by atoms with Crippen LogP contribution in [0.1, 0.15) is 19.8 Å². The Hall–Kier alpha value is -0.530. The van der Waals surface area contributed by atoms with Gasteiger partial charge in [-0.3, -0.25) is 4.79 Å². The third kappa shape index (κ3) is 0.601. The Labute approximate surface area is 42.7 Å². The maximum Gasteiger partial charge on any atom is 0.223 e. The van der Waals surface area contributed by atoms with Crippen LogP contribution in [-0.4, -0.2) is 5.91 Å². The number of hydrogen-bond acceptors (Lipinski definition) is 1. The van der Waals surface area contributed by atoms with Gasteiger partial charge in [-0.25, -0.2) is 0 Å². The smallest absolute Gasteiger partial charge is 0.223 e. The molecule has 0 unspecified atom stereocenters. The van der Waals surface area contributed by atoms with Gasteiger partial charge >= 0.3 is 0 Å². The number of hydrogen-bond donors (Lipinski definition) is 1. The molecule has 1 fully saturated rings. The lowest BCUT2D eigenvalue weighted by Crippen LogP contribution is -2.21. The van der Waals surface area contributed by atoms with E-state index in [4.69, 9.17) is 5.73 Å². The van der Waals surface area contributed by atoms with Crippen molar-refractivity contribution >= 4 is 5.91 Å². The van der Waals surface area contributed by atoms with E-state index in [-0.39, 0.29) is 11.3 Å². The van der Waals surface area contributed by atoms with Gasteiger partial charge in [-0.1, -0.05) is 6.92 Å². The van der Waals surface area contributed by atoms with Gasteiger partial charge in [0.2, 0.25) is 5.91 Å². The number of rotatable bonds is 1. The molecule has 0 heterocycles. The van der Waals surface area contributed by atoms with E-state index in [2.05, 4.69) is 0 Å². The van der Waals surface area contributed by atoms with Crippen LogP contribution in [0.15, 0.2) is 0 Å². The van der Waals surface area contributed by atoms with Gasteiger partial charge in [0.25, 0.3) is 0 Å². The largest absolute Gasteiger partial charge is 0.369 e. The van der Waals surface area contributed by atoms with Gasteiger partial charge in [0.05, 0.1) is 0 Å². The molecule has 0 bridgehead atoms. The molecule has 1 aliphatic rings. The zero-order valence-corrected chi connectivity index (χ0v) is 4.40. The molecule has 2 nitrogen and oxygen atoms in total. The molecule has 7 heavy (non-hydrogen) atoms. The molecule has 0 aromatic carbocycles. The van der Waals surface area contributed by atoms with Crippen LogP contribution in [0.2, 0.25) is 0 Å². The van der Waals surface area contributed by atoms with Crippen LogP contribution in [-0.2, 0) is 4.79 Å². The van der Waals surface area contributed by atoms with Gasteiger partial charge in [0, 0.05) is 5.41 Å². The number of primary amides is 1. The standard InChI is InChI=1S/C5H9NO/c1-5(2-3-5)4(6)7/h2-3H2,1H3,(H2,6,7). The maximum absolute atomic E-state index is 10.3. The molecule has 1 amide bonds. The summed E-state index contributed by atoms with van der Waals surface area (Å²) < 4.78 is 0. The molecule has 1 rings (SSSR count). The van der Waals surface area contributed by atoms with Gasteiger partial charge in [0.15, 0.2) is 0 Å². The van der Waals surface area contributed by atoms with E-state index >= 15 is 0 Å². The molecule has 2 heteroatoms. The minimum Gasteiger partial charge on any atom is -0.369 e. The fraction of sp³-hybridized carbons (Fsp3) is 0.800. The molecule has 1 aliphatic carbocycles. The molecule has 2 N–H and O–H groups in total. The summed E-state index contributed by atoms with van der Waals surface area (Å²) in [5.41, 5.74) is 4.88. The second-order valence-electron chi connectivity index (χ2n) is 2.42. The van der Waals surface area contributed by atoms with Crippen molar-refractivity contribution in [2.75, 3.05) is 0 Å². The molecule has 0 radical (unpaired) electrons. The number of amides is 1. The first-order chi connectivity index (χ1) is 3.15. The number of carbonyl (C=O) groups is 1. The number of carbonyl (C=O) groups excluding carboxylic acids is 1. The zero-order valence-electron chi connectivity index (χ0n) is 4.40. The van der Waals surface area contributed by atoms with Crippen molar-refractivity contribution in [3.63, 3.8) is 0 Å². The van der Waals surface area contributed by atoms with E-state index in [1.54, 1.807) is 0 Å². The average molecular weight is 99.1 g/mol. The molecule has 0 aromatic rings. The fourth-order valence-electron chi connectivity index (χ4n) is 0.434. The Morgan fingerprint density at radius 1 is 1.71 bits per heavy atom. The quantitative estimate of drug-likeness (QED) is 0.504. The van der Waals surface area contributed by atoms with Crippen LogP contribution >= 0.6 is 0 Å². The van der Waals surface area contributed by atoms with Crippen molar-refractivity contribution in [1.82, 2.24) is 0 Å². The predicted octanol–water partition coefficient (Wildman–Crippen LogP) is 0.272. The Kier molecular flexibility index (Phi) is 0.659. The summed E-state index contributed by atoms with van der Waals surface area (Å²) in [5.74, 6) is -0.146. The van der Waals surface area contributed by atoms with Crippen LogP contribution in [0.4, 0.5) is 0 Å². The van der Waals surface area contributed by atoms with Gasteiger partial charge in [-0.2, -0.15) is 0 Å². The second kappa shape index (κ2) is 0.997. The van der Waals surface area contributed by atoms with Crippen molar-refractivity contribution in [1.29, 1.82) is 0 Å². The van der Waals surface area contributed by atoms with E-state index in [0.29, 0.717) is 0 Å². The third-order valence-corrected chi connectivity index (χ3v) is 1.59. The van der Waals surface area contributed by atoms with Crippen LogP contribution in [0.3, 0.4) is 0 Å². The zero-order chi connectivity index (χ0) is 5.49. The molecular formula is C5H9NO. The molecule has 0 aromatic heterocycles. The van der Waals surface area contributed by atoms with Crippen molar-refractivity contribution in [2.24, 2.45) is 11.1 Å². The topological polar surface area (TPSA) is 43.1 Å². The molecule has 0 saturated heterocycles. The minimum atomic E-state index is -0.146. The first-order valence-corrected chi connectivity index (χ1v) is 2.45. The highest BCUT2D eigenvalue weighted by Gasteiger charge is 2.43. The summed E-state index contributed by atoms with van der Waals surface area (Å²) in [4.78, 5) is 10.3. The highest BCUT2D eigenvalue weighted by Crippen LogP contribution is 2.44. The van der Waals surface area contributed by atoms with Crippen LogP contribution < -0.4 is 5.73 Å². The SMILES string of the molecule is CC1(C(N)=O)CC1. The molecule has 0 atom stereocenters. The second-order valence-corrected chi connectivity index (χ2v) is 2.42. The highest BCUT2D eigenvalue weighted by molar-refractivity contribution is 5.82. The van der Waals surface area contributed by atoms with Gasteiger partial charge in [0.1, 0.15) is 0 Å². The van der Waals surface area contributed by atoms with Gasteiger partial charge in [-0.15, -0.1) is 0 Å². The van der Waals surface area contributed by atoms with E-state index in [1.807, 2.05) is 6.92 Å². The monoisotopic (exact) mass is 99.1 g/mol. The lowest BCUT2D eigenvalue weighted by atomic mass is 10.1. The van der Waals surface area contributed by atoms with E-state index in [1.165, 1.54) is 0 Å². The van der Waals surface area contributed by atoms with E-state index in [9.17, 15) is 4.79 Å². The van der Waals surface area contributed by atoms with Crippen LogP contribution in [0.25, 0.3) is 0 Å². The van der Waals surface area contributed by atoms with Crippen molar-refractivity contribution in [2.45, 2.75) is 19.8 Å². The Bertz CT molecular complexity index is 105. The Morgan fingerprint density at radius 2 is 2.14 bits per heavy atom. The van der Waals surface area contributed by atoms with Crippen molar-refractivity contribution < 1.29 is 4.79 Å². The molecule has 0 aliphatic heterocycles. The van der Waals surface area contributed by atoms with Crippen LogP contribution in [0, 0.1) is 5.41 Å². The third-order valence-electron chi connectivity index (χ3n) is 1.59. The van der Waals surface area contributed by atoms with Crippen molar-refractivity contribution in [3.8, 4) is 0 Å². The summed E-state index contributed by atoms with van der Waals surface area (Å²) in [6.07, 6.45) is 1.98. The van der Waals surface area contributed by atoms with Gasteiger partial charge in [-0.05, 0) is 12.8 Å². The summed E-state index contributed by atoms with van der Waals surface area (Å²) >= 11 is 0. The Balaban J connectivity index is 2.55. The summed E-state index contributed by atoms with van der Waals surface area (Å²) in [7, 11) is 0.